The topological polar surface area (TPSA) is 80.0 Å². The van der Waals surface area contributed by atoms with E-state index in [2.05, 4.69) is 15.5 Å². The largest absolute Gasteiger partial charge is 0.507 e. The highest BCUT2D eigenvalue weighted by molar-refractivity contribution is 7.99. The molecule has 7 heteroatoms. The quantitative estimate of drug-likeness (QED) is 0.411. The van der Waals surface area contributed by atoms with Crippen molar-refractivity contribution in [2.45, 2.75) is 18.2 Å². The third-order valence-corrected chi connectivity index (χ3v) is 5.68. The Bertz CT molecular complexity index is 1150. The Morgan fingerprint density at radius 3 is 2.23 bits per heavy atom. The van der Waals surface area contributed by atoms with Crippen molar-refractivity contribution in [3.63, 3.8) is 0 Å². The maximum atomic E-state index is 12.4. The number of thioether (sulfide) groups is 1. The molecule has 4 aromatic rings. The van der Waals surface area contributed by atoms with Gasteiger partial charge in [0.15, 0.2) is 11.0 Å². The zero-order valence-electron chi connectivity index (χ0n) is 16.8. The summed E-state index contributed by atoms with van der Waals surface area (Å²) >= 11 is 1.33. The second-order valence-corrected chi connectivity index (χ2v) is 7.89. The number of benzene rings is 3. The molecule has 0 spiro atoms. The van der Waals surface area contributed by atoms with E-state index in [1.54, 1.807) is 12.1 Å². The van der Waals surface area contributed by atoms with Gasteiger partial charge in [0.2, 0.25) is 5.91 Å². The second-order valence-electron chi connectivity index (χ2n) is 6.95. The number of para-hydroxylation sites is 1. The number of nitrogens with zero attached hydrogens (tertiary/aromatic N) is 3. The lowest BCUT2D eigenvalue weighted by Gasteiger charge is -2.11. The van der Waals surface area contributed by atoms with Crippen molar-refractivity contribution in [3.8, 4) is 17.1 Å². The van der Waals surface area contributed by atoms with E-state index in [4.69, 9.17) is 0 Å². The van der Waals surface area contributed by atoms with Crippen LogP contribution < -0.4 is 5.32 Å². The van der Waals surface area contributed by atoms with Gasteiger partial charge < -0.3 is 10.4 Å². The van der Waals surface area contributed by atoms with Crippen LogP contribution in [-0.2, 0) is 17.9 Å². The Kier molecular flexibility index (Phi) is 6.64. The number of rotatable bonds is 8. The van der Waals surface area contributed by atoms with Crippen molar-refractivity contribution in [1.29, 1.82) is 0 Å². The lowest BCUT2D eigenvalue weighted by molar-refractivity contribution is -0.118. The van der Waals surface area contributed by atoms with Gasteiger partial charge in [0.05, 0.1) is 17.9 Å². The average molecular weight is 431 g/mol. The van der Waals surface area contributed by atoms with E-state index in [0.717, 1.165) is 11.1 Å². The first-order chi connectivity index (χ1) is 15.2. The fraction of sp³-hybridized carbons (Fsp3) is 0.125. The zero-order chi connectivity index (χ0) is 21.5. The smallest absolute Gasteiger partial charge is 0.230 e. The van der Waals surface area contributed by atoms with Crippen molar-refractivity contribution in [1.82, 2.24) is 20.1 Å². The molecule has 0 aliphatic carbocycles. The van der Waals surface area contributed by atoms with Gasteiger partial charge in [-0.15, -0.1) is 10.2 Å². The summed E-state index contributed by atoms with van der Waals surface area (Å²) in [7, 11) is 0. The molecule has 31 heavy (non-hydrogen) atoms. The van der Waals surface area contributed by atoms with Crippen molar-refractivity contribution in [2.75, 3.05) is 5.75 Å². The monoisotopic (exact) mass is 430 g/mol. The summed E-state index contributed by atoms with van der Waals surface area (Å²) in [6.45, 7) is 1.02. The summed E-state index contributed by atoms with van der Waals surface area (Å²) in [6, 6.07) is 26.8. The van der Waals surface area contributed by atoms with Crippen LogP contribution in [0.5, 0.6) is 5.75 Å². The van der Waals surface area contributed by atoms with E-state index in [1.165, 1.54) is 11.8 Å². The summed E-state index contributed by atoms with van der Waals surface area (Å²) in [5, 5.41) is 22.5. The molecule has 0 fully saturated rings. The van der Waals surface area contributed by atoms with Crippen LogP contribution in [0.1, 0.15) is 11.1 Å². The number of carbonyl (C=O) groups is 1. The second kappa shape index (κ2) is 9.95. The van der Waals surface area contributed by atoms with Crippen LogP contribution in [0.25, 0.3) is 11.4 Å². The Labute approximate surface area is 185 Å². The van der Waals surface area contributed by atoms with Gasteiger partial charge in [0.1, 0.15) is 5.75 Å². The third-order valence-electron chi connectivity index (χ3n) is 4.71. The van der Waals surface area contributed by atoms with Crippen LogP contribution in [0.15, 0.2) is 90.1 Å². The van der Waals surface area contributed by atoms with Crippen molar-refractivity contribution >= 4 is 17.7 Å². The number of nitrogens with one attached hydrogen (secondary N) is 1. The summed E-state index contributed by atoms with van der Waals surface area (Å²) in [5.74, 6) is 0.850. The van der Waals surface area contributed by atoms with Crippen LogP contribution in [0.3, 0.4) is 0 Å². The number of carbonyl (C=O) groups excluding carboxylic acids is 1. The Balaban J connectivity index is 1.51. The molecule has 156 valence electrons. The fourth-order valence-corrected chi connectivity index (χ4v) is 3.91. The highest BCUT2D eigenvalue weighted by Crippen LogP contribution is 2.30. The molecule has 0 unspecified atom stereocenters. The summed E-state index contributed by atoms with van der Waals surface area (Å²) < 4.78 is 1.93. The Morgan fingerprint density at radius 1 is 0.871 bits per heavy atom. The maximum absolute atomic E-state index is 12.4. The van der Waals surface area contributed by atoms with Gasteiger partial charge in [-0.25, -0.2) is 0 Å². The summed E-state index contributed by atoms with van der Waals surface area (Å²) in [6.07, 6.45) is 0. The van der Waals surface area contributed by atoms with Crippen molar-refractivity contribution in [3.05, 3.63) is 96.1 Å². The molecule has 3 aromatic carbocycles. The highest BCUT2D eigenvalue weighted by Gasteiger charge is 2.18. The molecule has 6 nitrogen and oxygen atoms in total. The van der Waals surface area contributed by atoms with Gasteiger partial charge >= 0.3 is 0 Å². The van der Waals surface area contributed by atoms with Crippen LogP contribution in [0, 0.1) is 0 Å². The predicted molar refractivity (Wildman–Crippen MR) is 122 cm³/mol. The minimum absolute atomic E-state index is 0.0766. The maximum Gasteiger partial charge on any atom is 0.230 e. The molecule has 0 radical (unpaired) electrons. The van der Waals surface area contributed by atoms with E-state index in [9.17, 15) is 9.90 Å². The van der Waals surface area contributed by atoms with Crippen LogP contribution in [0.4, 0.5) is 0 Å². The van der Waals surface area contributed by atoms with Gasteiger partial charge in [-0.3, -0.25) is 9.36 Å². The Hall–Kier alpha value is -3.58. The van der Waals surface area contributed by atoms with E-state index in [-0.39, 0.29) is 17.4 Å². The van der Waals surface area contributed by atoms with Crippen LogP contribution >= 0.6 is 11.8 Å². The SMILES string of the molecule is O=C(CSc1nnc(-c2ccccc2O)n1Cc1ccccc1)NCc1ccccc1. The number of amides is 1. The van der Waals surface area contributed by atoms with Gasteiger partial charge in [-0.1, -0.05) is 84.6 Å². The molecule has 0 saturated carbocycles. The van der Waals surface area contributed by atoms with E-state index >= 15 is 0 Å². The first-order valence-corrected chi connectivity index (χ1v) is 10.9. The first kappa shape index (κ1) is 20.7. The predicted octanol–water partition coefficient (Wildman–Crippen LogP) is 4.11. The first-order valence-electron chi connectivity index (χ1n) is 9.89. The third kappa shape index (κ3) is 5.32. The number of hydrogen-bond acceptors (Lipinski definition) is 5. The molecule has 2 N–H and O–H groups in total. The zero-order valence-corrected chi connectivity index (χ0v) is 17.6. The normalized spacial score (nSPS) is 10.7. The summed E-state index contributed by atoms with van der Waals surface area (Å²) in [4.78, 5) is 12.4. The summed E-state index contributed by atoms with van der Waals surface area (Å²) in [5.41, 5.74) is 2.73. The van der Waals surface area contributed by atoms with Gasteiger partial charge in [0, 0.05) is 6.54 Å². The van der Waals surface area contributed by atoms with Gasteiger partial charge in [-0.05, 0) is 23.3 Å². The van der Waals surface area contributed by atoms with Crippen LogP contribution in [-0.4, -0.2) is 31.5 Å². The fourth-order valence-electron chi connectivity index (χ4n) is 3.14. The molecule has 0 aliphatic heterocycles. The van der Waals surface area contributed by atoms with Crippen LogP contribution in [0.2, 0.25) is 0 Å². The van der Waals surface area contributed by atoms with E-state index in [0.29, 0.717) is 29.6 Å². The molecule has 4 rings (SSSR count). The minimum atomic E-state index is -0.0766. The number of aromatic hydroxyl groups is 1. The average Bonchev–Trinajstić information content (AvgIpc) is 3.20. The molecular weight excluding hydrogens is 408 g/mol. The molecule has 0 aliphatic rings. The van der Waals surface area contributed by atoms with Gasteiger partial charge in [0.25, 0.3) is 0 Å². The molecule has 1 amide bonds. The lowest BCUT2D eigenvalue weighted by atomic mass is 10.1. The Morgan fingerprint density at radius 2 is 1.52 bits per heavy atom. The number of hydrogen-bond donors (Lipinski definition) is 2. The number of phenolic OH excluding ortho intramolecular Hbond substituents is 1. The van der Waals surface area contributed by atoms with Gasteiger partial charge in [-0.2, -0.15) is 0 Å². The molecule has 0 atom stereocenters. The van der Waals surface area contributed by atoms with Crippen molar-refractivity contribution in [2.24, 2.45) is 0 Å². The lowest BCUT2D eigenvalue weighted by Crippen LogP contribution is -2.24. The molecule has 0 saturated heterocycles. The number of phenols is 1. The molecule has 0 bridgehead atoms. The molecule has 1 aromatic heterocycles. The van der Waals surface area contributed by atoms with Crippen molar-refractivity contribution < 1.29 is 9.90 Å². The standard InChI is InChI=1S/C24H22N4O2S/c29-21-14-8-7-13-20(21)23-26-27-24(28(23)16-19-11-5-2-6-12-19)31-17-22(30)25-15-18-9-3-1-4-10-18/h1-14,29H,15-17H2,(H,25,30). The van der Waals surface area contributed by atoms with E-state index in [1.807, 2.05) is 77.4 Å². The molecule has 1 heterocycles. The minimum Gasteiger partial charge on any atom is -0.507 e. The van der Waals surface area contributed by atoms with E-state index < -0.39 is 0 Å². The number of aromatic nitrogens is 3. The highest BCUT2D eigenvalue weighted by atomic mass is 32.2. The molecular formula is C24H22N4O2S.